The van der Waals surface area contributed by atoms with Crippen LogP contribution in [0.4, 0.5) is 5.69 Å². The van der Waals surface area contributed by atoms with E-state index in [1.165, 1.54) is 6.92 Å². The van der Waals surface area contributed by atoms with Gasteiger partial charge in [0.25, 0.3) is 5.91 Å². The molecule has 0 aliphatic carbocycles. The largest absolute Gasteiger partial charge is 0.482 e. The molecular formula is C19H20ClNO4. The lowest BCUT2D eigenvalue weighted by molar-refractivity contribution is -0.155. The van der Waals surface area contributed by atoms with Crippen molar-refractivity contribution in [3.05, 3.63) is 58.6 Å². The minimum atomic E-state index is -0.927. The Morgan fingerprint density at radius 1 is 1.12 bits per heavy atom. The maximum Gasteiger partial charge on any atom is 0.344 e. The highest BCUT2D eigenvalue weighted by atomic mass is 35.5. The summed E-state index contributed by atoms with van der Waals surface area (Å²) in [4.78, 5) is 23.9. The molecule has 0 radical (unpaired) electrons. The third kappa shape index (κ3) is 5.80. The number of hydrogen-bond donors (Lipinski definition) is 1. The van der Waals surface area contributed by atoms with Crippen LogP contribution in [0.5, 0.6) is 5.75 Å². The van der Waals surface area contributed by atoms with Gasteiger partial charge in [-0.1, -0.05) is 29.3 Å². The predicted octanol–water partition coefficient (Wildman–Crippen LogP) is 3.91. The van der Waals surface area contributed by atoms with E-state index >= 15 is 0 Å². The van der Waals surface area contributed by atoms with Gasteiger partial charge in [0.2, 0.25) is 0 Å². The first-order valence-corrected chi connectivity index (χ1v) is 8.19. The highest BCUT2D eigenvalue weighted by Crippen LogP contribution is 2.21. The molecule has 0 aliphatic heterocycles. The zero-order valence-corrected chi connectivity index (χ0v) is 15.1. The summed E-state index contributed by atoms with van der Waals surface area (Å²) in [5.41, 5.74) is 2.55. The fraction of sp³-hybridized carbons (Fsp3) is 0.263. The normalized spacial score (nSPS) is 11.5. The smallest absolute Gasteiger partial charge is 0.344 e. The highest BCUT2D eigenvalue weighted by Gasteiger charge is 2.18. The number of halogens is 1. The van der Waals surface area contributed by atoms with E-state index in [9.17, 15) is 9.59 Å². The van der Waals surface area contributed by atoms with Crippen molar-refractivity contribution in [2.45, 2.75) is 26.9 Å². The summed E-state index contributed by atoms with van der Waals surface area (Å²) in [5, 5.41) is 3.28. The van der Waals surface area contributed by atoms with Gasteiger partial charge in [-0.2, -0.15) is 0 Å². The number of benzene rings is 2. The third-order valence-electron chi connectivity index (χ3n) is 3.48. The van der Waals surface area contributed by atoms with Crippen LogP contribution in [0.3, 0.4) is 0 Å². The van der Waals surface area contributed by atoms with Gasteiger partial charge in [-0.25, -0.2) is 4.79 Å². The van der Waals surface area contributed by atoms with Gasteiger partial charge in [-0.05, 0) is 56.7 Å². The molecule has 0 unspecified atom stereocenters. The van der Waals surface area contributed by atoms with Crippen LogP contribution in [-0.4, -0.2) is 24.6 Å². The van der Waals surface area contributed by atoms with E-state index in [0.29, 0.717) is 16.5 Å². The molecular weight excluding hydrogens is 342 g/mol. The molecule has 5 nitrogen and oxygen atoms in total. The van der Waals surface area contributed by atoms with Gasteiger partial charge in [0.05, 0.1) is 0 Å². The molecule has 0 saturated carbocycles. The molecule has 6 heteroatoms. The summed E-state index contributed by atoms with van der Waals surface area (Å²) in [6, 6.07) is 12.4. The van der Waals surface area contributed by atoms with Crippen LogP contribution in [0.25, 0.3) is 0 Å². The second-order valence-corrected chi connectivity index (χ2v) is 6.12. The molecule has 0 spiro atoms. The first-order chi connectivity index (χ1) is 11.8. The number of rotatable bonds is 6. The number of ether oxygens (including phenoxy) is 2. The predicted molar refractivity (Wildman–Crippen MR) is 97.0 cm³/mol. The molecule has 0 fully saturated rings. The van der Waals surface area contributed by atoms with Crippen molar-refractivity contribution in [1.29, 1.82) is 0 Å². The van der Waals surface area contributed by atoms with E-state index in [1.807, 2.05) is 26.0 Å². The molecule has 132 valence electrons. The summed E-state index contributed by atoms with van der Waals surface area (Å²) in [7, 11) is 0. The first-order valence-electron chi connectivity index (χ1n) is 7.81. The van der Waals surface area contributed by atoms with E-state index in [2.05, 4.69) is 5.32 Å². The third-order valence-corrected chi connectivity index (χ3v) is 3.71. The molecule has 2 rings (SSSR count). The molecule has 2 aromatic rings. The number of nitrogens with one attached hydrogen (secondary N) is 1. The Labute approximate surface area is 151 Å². The summed E-state index contributed by atoms with van der Waals surface area (Å²) >= 11 is 5.87. The lowest BCUT2D eigenvalue weighted by Crippen LogP contribution is -2.31. The average Bonchev–Trinajstić information content (AvgIpc) is 2.56. The summed E-state index contributed by atoms with van der Waals surface area (Å²) in [6.07, 6.45) is -0.927. The van der Waals surface area contributed by atoms with Crippen LogP contribution >= 0.6 is 11.6 Å². The summed E-state index contributed by atoms with van der Waals surface area (Å²) in [6.45, 7) is 5.00. The zero-order chi connectivity index (χ0) is 18.4. The van der Waals surface area contributed by atoms with E-state index < -0.39 is 18.0 Å². The molecule has 2 aromatic carbocycles. The lowest BCUT2D eigenvalue weighted by Gasteiger charge is -2.14. The number of anilines is 1. The average molecular weight is 362 g/mol. The van der Waals surface area contributed by atoms with E-state index in [1.54, 1.807) is 30.3 Å². The Morgan fingerprint density at radius 2 is 1.80 bits per heavy atom. The van der Waals surface area contributed by atoms with Crippen molar-refractivity contribution < 1.29 is 19.1 Å². The topological polar surface area (TPSA) is 64.6 Å². The minimum absolute atomic E-state index is 0.287. The van der Waals surface area contributed by atoms with Gasteiger partial charge in [-0.15, -0.1) is 0 Å². The van der Waals surface area contributed by atoms with Crippen molar-refractivity contribution in [1.82, 2.24) is 0 Å². The molecule has 0 aliphatic rings. The number of carbonyl (C=O) groups is 2. The molecule has 0 bridgehead atoms. The van der Waals surface area contributed by atoms with Crippen LogP contribution in [0.15, 0.2) is 42.5 Å². The number of hydrogen-bond acceptors (Lipinski definition) is 4. The fourth-order valence-electron chi connectivity index (χ4n) is 2.08. The van der Waals surface area contributed by atoms with Crippen molar-refractivity contribution >= 4 is 29.2 Å². The minimum Gasteiger partial charge on any atom is -0.482 e. The molecule has 1 atom stereocenters. The fourth-order valence-corrected chi connectivity index (χ4v) is 2.30. The Kier molecular flexibility index (Phi) is 6.42. The first kappa shape index (κ1) is 18.8. The second kappa shape index (κ2) is 8.53. The number of carbonyl (C=O) groups excluding carboxylic acids is 2. The van der Waals surface area contributed by atoms with Gasteiger partial charge in [0.1, 0.15) is 5.75 Å². The van der Waals surface area contributed by atoms with E-state index in [-0.39, 0.29) is 6.61 Å². The van der Waals surface area contributed by atoms with Crippen LogP contribution < -0.4 is 10.1 Å². The quantitative estimate of drug-likeness (QED) is 0.792. The molecule has 1 N–H and O–H groups in total. The van der Waals surface area contributed by atoms with Gasteiger partial charge in [-0.3, -0.25) is 4.79 Å². The monoisotopic (exact) mass is 361 g/mol. The summed E-state index contributed by atoms with van der Waals surface area (Å²) < 4.78 is 10.5. The molecule has 0 heterocycles. The Bertz CT molecular complexity index is 759. The Hall–Kier alpha value is -2.53. The zero-order valence-electron chi connectivity index (χ0n) is 14.3. The number of esters is 1. The van der Waals surface area contributed by atoms with Crippen LogP contribution in [0.2, 0.25) is 5.02 Å². The molecule has 1 amide bonds. The lowest BCUT2D eigenvalue weighted by atomic mass is 10.2. The van der Waals surface area contributed by atoms with Crippen LogP contribution in [0.1, 0.15) is 18.1 Å². The van der Waals surface area contributed by atoms with Crippen molar-refractivity contribution in [3.63, 3.8) is 0 Å². The number of aryl methyl sites for hydroxylation is 2. The van der Waals surface area contributed by atoms with Gasteiger partial charge in [0.15, 0.2) is 12.7 Å². The van der Waals surface area contributed by atoms with Crippen molar-refractivity contribution in [2.75, 3.05) is 11.9 Å². The molecule has 25 heavy (non-hydrogen) atoms. The van der Waals surface area contributed by atoms with E-state index in [4.69, 9.17) is 21.1 Å². The summed E-state index contributed by atoms with van der Waals surface area (Å²) in [5.74, 6) is -0.487. The van der Waals surface area contributed by atoms with Crippen molar-refractivity contribution in [2.24, 2.45) is 0 Å². The molecule has 0 aromatic heterocycles. The van der Waals surface area contributed by atoms with Crippen molar-refractivity contribution in [3.8, 4) is 5.75 Å². The van der Waals surface area contributed by atoms with Gasteiger partial charge in [0, 0.05) is 10.7 Å². The van der Waals surface area contributed by atoms with Gasteiger partial charge >= 0.3 is 5.97 Å². The Morgan fingerprint density at radius 3 is 2.44 bits per heavy atom. The SMILES string of the molecule is Cc1ccc(NC(=O)[C@H](C)OC(=O)COc2ccc(Cl)cc2C)cc1. The Balaban J connectivity index is 1.82. The molecule has 0 saturated heterocycles. The standard InChI is InChI=1S/C19H20ClNO4/c1-12-4-7-16(8-5-12)21-19(23)14(3)25-18(22)11-24-17-9-6-15(20)10-13(17)2/h4-10,14H,11H2,1-3H3,(H,21,23)/t14-/m0/s1. The van der Waals surface area contributed by atoms with E-state index in [0.717, 1.165) is 11.1 Å². The van der Waals surface area contributed by atoms with Gasteiger partial charge < -0.3 is 14.8 Å². The second-order valence-electron chi connectivity index (χ2n) is 5.69. The number of amides is 1. The highest BCUT2D eigenvalue weighted by molar-refractivity contribution is 6.30. The maximum absolute atomic E-state index is 12.1. The van der Waals surface area contributed by atoms with Crippen LogP contribution in [-0.2, 0) is 14.3 Å². The maximum atomic E-state index is 12.1. The van der Waals surface area contributed by atoms with Crippen LogP contribution in [0, 0.1) is 13.8 Å².